The lowest BCUT2D eigenvalue weighted by Crippen LogP contribution is -2.42. The summed E-state index contributed by atoms with van der Waals surface area (Å²) in [6.07, 6.45) is 2.27. The van der Waals surface area contributed by atoms with Gasteiger partial charge in [-0.15, -0.1) is 10.2 Å². The van der Waals surface area contributed by atoms with Gasteiger partial charge in [0.15, 0.2) is 11.8 Å². The Balaban J connectivity index is 1.67. The summed E-state index contributed by atoms with van der Waals surface area (Å²) in [5, 5.41) is 11.6. The van der Waals surface area contributed by atoms with Crippen molar-refractivity contribution in [3.63, 3.8) is 0 Å². The van der Waals surface area contributed by atoms with Crippen molar-refractivity contribution in [2.75, 3.05) is 20.2 Å². The topological polar surface area (TPSA) is 76.8 Å². The van der Waals surface area contributed by atoms with Gasteiger partial charge in [-0.1, -0.05) is 12.1 Å². The van der Waals surface area contributed by atoms with Crippen LogP contribution in [0.15, 0.2) is 29.3 Å². The van der Waals surface area contributed by atoms with E-state index < -0.39 is 6.61 Å². The molecule has 0 bridgehead atoms. The van der Waals surface area contributed by atoms with Gasteiger partial charge in [0, 0.05) is 33.8 Å². The molecule has 2 heterocycles. The molecule has 0 amide bonds. The van der Waals surface area contributed by atoms with Gasteiger partial charge in [0.1, 0.15) is 18.1 Å². The van der Waals surface area contributed by atoms with Crippen LogP contribution in [0.4, 0.5) is 8.78 Å². The number of nitrogens with zero attached hydrogens (tertiary/aromatic N) is 5. The van der Waals surface area contributed by atoms with Gasteiger partial charge >= 0.3 is 6.61 Å². The molecule has 8 nitrogen and oxygen atoms in total. The first kappa shape index (κ1) is 21.9. The molecule has 164 valence electrons. The summed E-state index contributed by atoms with van der Waals surface area (Å²) in [5.74, 6) is 2.44. The standard InChI is InChI=1S/C20H28F2N6O2/c1-14-25-26-18(28(14)3)12-24-20(23-11-17-5-4-10-29-17)27(2)13-15-6-8-16(9-7-15)30-19(21)22/h6-9,17,19H,4-5,10-13H2,1-3H3,(H,23,24). The van der Waals surface area contributed by atoms with Crippen molar-refractivity contribution < 1.29 is 18.3 Å². The van der Waals surface area contributed by atoms with Crippen LogP contribution in [0.5, 0.6) is 5.75 Å². The van der Waals surface area contributed by atoms with Crippen LogP contribution in [0.3, 0.4) is 0 Å². The minimum atomic E-state index is -2.83. The van der Waals surface area contributed by atoms with Crippen molar-refractivity contribution in [1.29, 1.82) is 0 Å². The Morgan fingerprint density at radius 3 is 2.73 bits per heavy atom. The lowest BCUT2D eigenvalue weighted by molar-refractivity contribution is -0.0498. The Morgan fingerprint density at radius 1 is 1.37 bits per heavy atom. The Hall–Kier alpha value is -2.75. The molecule has 1 aliphatic heterocycles. The highest BCUT2D eigenvalue weighted by Gasteiger charge is 2.17. The third-order valence-electron chi connectivity index (χ3n) is 4.99. The maximum atomic E-state index is 12.3. The maximum Gasteiger partial charge on any atom is 0.387 e. The number of benzene rings is 1. The molecule has 0 spiro atoms. The van der Waals surface area contributed by atoms with Crippen LogP contribution in [-0.2, 0) is 24.9 Å². The number of guanidine groups is 1. The van der Waals surface area contributed by atoms with E-state index in [4.69, 9.17) is 9.73 Å². The number of aliphatic imine (C=N–C) groups is 1. The maximum absolute atomic E-state index is 12.3. The molecular formula is C20H28F2N6O2. The lowest BCUT2D eigenvalue weighted by atomic mass is 10.2. The molecule has 1 aromatic heterocycles. The van der Waals surface area contributed by atoms with E-state index in [1.807, 2.05) is 30.5 Å². The number of hydrogen-bond donors (Lipinski definition) is 1. The minimum Gasteiger partial charge on any atom is -0.435 e. The predicted molar refractivity (Wildman–Crippen MR) is 108 cm³/mol. The van der Waals surface area contributed by atoms with E-state index >= 15 is 0 Å². The van der Waals surface area contributed by atoms with Gasteiger partial charge in [-0.25, -0.2) is 4.99 Å². The van der Waals surface area contributed by atoms with E-state index in [2.05, 4.69) is 20.3 Å². The average molecular weight is 422 g/mol. The molecule has 1 unspecified atom stereocenters. The van der Waals surface area contributed by atoms with E-state index in [1.54, 1.807) is 12.1 Å². The largest absolute Gasteiger partial charge is 0.435 e. The van der Waals surface area contributed by atoms with Crippen LogP contribution < -0.4 is 10.1 Å². The number of hydrogen-bond acceptors (Lipinski definition) is 5. The third-order valence-corrected chi connectivity index (χ3v) is 4.99. The summed E-state index contributed by atoms with van der Waals surface area (Å²) < 4.78 is 36.7. The zero-order valence-corrected chi connectivity index (χ0v) is 17.5. The van der Waals surface area contributed by atoms with E-state index in [-0.39, 0.29) is 11.9 Å². The molecule has 0 saturated carbocycles. The molecule has 1 aromatic carbocycles. The van der Waals surface area contributed by atoms with Gasteiger partial charge in [0.25, 0.3) is 0 Å². The van der Waals surface area contributed by atoms with Gasteiger partial charge in [-0.2, -0.15) is 8.78 Å². The monoisotopic (exact) mass is 422 g/mol. The number of alkyl halides is 2. The summed E-state index contributed by atoms with van der Waals surface area (Å²) in [5.41, 5.74) is 0.945. The second-order valence-corrected chi connectivity index (χ2v) is 7.26. The highest BCUT2D eigenvalue weighted by Crippen LogP contribution is 2.16. The summed E-state index contributed by atoms with van der Waals surface area (Å²) in [6, 6.07) is 6.60. The van der Waals surface area contributed by atoms with Crippen LogP contribution in [0.1, 0.15) is 30.1 Å². The van der Waals surface area contributed by atoms with Crippen molar-refractivity contribution in [2.45, 2.75) is 45.6 Å². The number of aryl methyl sites for hydroxylation is 1. The van der Waals surface area contributed by atoms with E-state index in [9.17, 15) is 8.78 Å². The Kier molecular flexibility index (Phi) is 7.56. The van der Waals surface area contributed by atoms with Crippen molar-refractivity contribution in [3.05, 3.63) is 41.5 Å². The quantitative estimate of drug-likeness (QED) is 0.520. The summed E-state index contributed by atoms with van der Waals surface area (Å²) >= 11 is 0. The van der Waals surface area contributed by atoms with E-state index in [0.29, 0.717) is 25.6 Å². The van der Waals surface area contributed by atoms with Crippen LogP contribution >= 0.6 is 0 Å². The molecule has 0 aliphatic carbocycles. The first-order chi connectivity index (χ1) is 14.4. The second-order valence-electron chi connectivity index (χ2n) is 7.26. The number of nitrogens with one attached hydrogen (secondary N) is 1. The van der Waals surface area contributed by atoms with Crippen LogP contribution in [-0.4, -0.2) is 58.5 Å². The Labute approximate surface area is 174 Å². The molecule has 1 aliphatic rings. The number of aromatic nitrogens is 3. The fourth-order valence-corrected chi connectivity index (χ4v) is 3.18. The molecule has 1 atom stereocenters. The first-order valence-corrected chi connectivity index (χ1v) is 9.92. The van der Waals surface area contributed by atoms with Gasteiger partial charge in [0.05, 0.1) is 6.10 Å². The zero-order valence-electron chi connectivity index (χ0n) is 17.5. The third kappa shape index (κ3) is 6.12. The first-order valence-electron chi connectivity index (χ1n) is 9.92. The summed E-state index contributed by atoms with van der Waals surface area (Å²) in [6.45, 7) is 1.45. The fraction of sp³-hybridized carbons (Fsp3) is 0.550. The highest BCUT2D eigenvalue weighted by atomic mass is 19.3. The van der Waals surface area contributed by atoms with E-state index in [1.165, 1.54) is 12.1 Å². The van der Waals surface area contributed by atoms with Crippen molar-refractivity contribution in [1.82, 2.24) is 25.0 Å². The van der Waals surface area contributed by atoms with Crippen molar-refractivity contribution >= 4 is 5.96 Å². The zero-order chi connectivity index (χ0) is 21.5. The molecule has 30 heavy (non-hydrogen) atoms. The number of ether oxygens (including phenoxy) is 2. The second kappa shape index (κ2) is 10.3. The average Bonchev–Trinajstić information content (AvgIpc) is 3.34. The van der Waals surface area contributed by atoms with E-state index in [0.717, 1.165) is 36.7 Å². The van der Waals surface area contributed by atoms with Gasteiger partial charge in [-0.3, -0.25) is 0 Å². The molecule has 1 fully saturated rings. The normalized spacial score (nSPS) is 16.9. The number of rotatable bonds is 8. The molecule has 10 heteroatoms. The van der Waals surface area contributed by atoms with Crippen LogP contribution in [0.25, 0.3) is 0 Å². The Morgan fingerprint density at radius 2 is 2.13 bits per heavy atom. The number of halogens is 2. The minimum absolute atomic E-state index is 0.138. The molecular weight excluding hydrogens is 394 g/mol. The van der Waals surface area contributed by atoms with Crippen molar-refractivity contribution in [2.24, 2.45) is 12.0 Å². The Bertz CT molecular complexity index is 834. The molecule has 3 rings (SSSR count). The van der Waals surface area contributed by atoms with Gasteiger partial charge < -0.3 is 24.3 Å². The smallest absolute Gasteiger partial charge is 0.387 e. The van der Waals surface area contributed by atoms with Crippen molar-refractivity contribution in [3.8, 4) is 5.75 Å². The fourth-order valence-electron chi connectivity index (χ4n) is 3.18. The van der Waals surface area contributed by atoms with Gasteiger partial charge in [-0.05, 0) is 37.5 Å². The molecule has 1 saturated heterocycles. The SMILES string of the molecule is Cc1nnc(CN=C(NCC2CCCO2)N(C)Cc2ccc(OC(F)F)cc2)n1C. The van der Waals surface area contributed by atoms with Crippen LogP contribution in [0.2, 0.25) is 0 Å². The molecule has 2 aromatic rings. The molecule has 1 N–H and O–H groups in total. The van der Waals surface area contributed by atoms with Crippen LogP contribution in [0, 0.1) is 6.92 Å². The predicted octanol–water partition coefficient (Wildman–Crippen LogP) is 2.48. The van der Waals surface area contributed by atoms with Gasteiger partial charge in [0.2, 0.25) is 0 Å². The highest BCUT2D eigenvalue weighted by molar-refractivity contribution is 5.79. The molecule has 0 radical (unpaired) electrons. The summed E-state index contributed by atoms with van der Waals surface area (Å²) in [4.78, 5) is 6.68. The lowest BCUT2D eigenvalue weighted by Gasteiger charge is -2.24. The summed E-state index contributed by atoms with van der Waals surface area (Å²) in [7, 11) is 3.83.